The number of anilines is 1. The molecule has 0 spiro atoms. The lowest BCUT2D eigenvalue weighted by Gasteiger charge is -2.11. The average Bonchev–Trinajstić information content (AvgIpc) is 2.48. The molecule has 1 amide bonds. The summed E-state index contributed by atoms with van der Waals surface area (Å²) in [4.78, 5) is 26.6. The van der Waals surface area contributed by atoms with Crippen molar-refractivity contribution >= 4 is 29.0 Å². The molecule has 0 saturated carbocycles. The zero-order valence-electron chi connectivity index (χ0n) is 11.2. The van der Waals surface area contributed by atoms with Crippen molar-refractivity contribution in [3.05, 3.63) is 58.8 Å². The first kappa shape index (κ1) is 15.0. The minimum Gasteiger partial charge on any atom is -0.319 e. The van der Waals surface area contributed by atoms with Gasteiger partial charge in [-0.2, -0.15) is 0 Å². The van der Waals surface area contributed by atoms with Crippen LogP contribution in [0.1, 0.15) is 6.92 Å². The van der Waals surface area contributed by atoms with Crippen molar-refractivity contribution in [3.63, 3.8) is 0 Å². The van der Waals surface area contributed by atoms with Crippen LogP contribution in [-0.4, -0.2) is 21.1 Å². The van der Waals surface area contributed by atoms with Gasteiger partial charge in [0.05, 0.1) is 15.2 Å². The van der Waals surface area contributed by atoms with E-state index in [4.69, 9.17) is 0 Å². The number of thioether (sulfide) groups is 1. The fourth-order valence-electron chi connectivity index (χ4n) is 1.62. The van der Waals surface area contributed by atoms with Gasteiger partial charge in [-0.1, -0.05) is 30.0 Å². The van der Waals surface area contributed by atoms with Crippen LogP contribution in [0.2, 0.25) is 0 Å². The first-order valence-corrected chi connectivity index (χ1v) is 7.08. The van der Waals surface area contributed by atoms with E-state index < -0.39 is 10.2 Å². The zero-order chi connectivity index (χ0) is 15.2. The molecule has 2 aromatic rings. The predicted molar refractivity (Wildman–Crippen MR) is 81.3 cm³/mol. The van der Waals surface area contributed by atoms with Crippen molar-refractivity contribution < 1.29 is 9.72 Å². The number of nitrogens with one attached hydrogen (secondary N) is 1. The molecule has 1 aromatic carbocycles. The Kier molecular flexibility index (Phi) is 4.89. The summed E-state index contributed by atoms with van der Waals surface area (Å²) < 4.78 is 0. The highest BCUT2D eigenvalue weighted by molar-refractivity contribution is 8.00. The van der Waals surface area contributed by atoms with E-state index in [0.29, 0.717) is 0 Å². The highest BCUT2D eigenvalue weighted by atomic mass is 32.2. The highest BCUT2D eigenvalue weighted by Crippen LogP contribution is 2.26. The molecule has 0 aliphatic heterocycles. The number of para-hydroxylation sites is 2. The first-order chi connectivity index (χ1) is 10.1. The van der Waals surface area contributed by atoms with Gasteiger partial charge in [0.25, 0.3) is 5.69 Å². The molecule has 0 radical (unpaired) electrons. The molecule has 0 fully saturated rings. The summed E-state index contributed by atoms with van der Waals surface area (Å²) in [6, 6.07) is 11.5. The molecule has 0 unspecified atom stereocenters. The lowest BCUT2D eigenvalue weighted by molar-refractivity contribution is -0.383. The van der Waals surface area contributed by atoms with Crippen LogP contribution >= 0.6 is 11.8 Å². The molecule has 6 nitrogen and oxygen atoms in total. The molecule has 1 N–H and O–H groups in total. The van der Waals surface area contributed by atoms with Gasteiger partial charge in [0.2, 0.25) is 5.91 Å². The van der Waals surface area contributed by atoms with Crippen molar-refractivity contribution in [1.82, 2.24) is 4.98 Å². The maximum absolute atomic E-state index is 12.1. The number of hydrogen-bond acceptors (Lipinski definition) is 5. The molecule has 0 aliphatic rings. The molecule has 1 atom stereocenters. The summed E-state index contributed by atoms with van der Waals surface area (Å²) in [5.41, 5.74) is 0.0712. The Morgan fingerprint density at radius 2 is 2.00 bits per heavy atom. The highest BCUT2D eigenvalue weighted by Gasteiger charge is 2.19. The van der Waals surface area contributed by atoms with Crippen LogP contribution in [-0.2, 0) is 4.79 Å². The van der Waals surface area contributed by atoms with Gasteiger partial charge < -0.3 is 5.32 Å². The maximum Gasteiger partial charge on any atom is 0.292 e. The van der Waals surface area contributed by atoms with E-state index in [9.17, 15) is 14.9 Å². The fraction of sp³-hybridized carbons (Fsp3) is 0.143. The van der Waals surface area contributed by atoms with Crippen LogP contribution in [0.4, 0.5) is 11.4 Å². The molecule has 21 heavy (non-hydrogen) atoms. The quantitative estimate of drug-likeness (QED) is 0.521. The van der Waals surface area contributed by atoms with Gasteiger partial charge in [-0.3, -0.25) is 14.9 Å². The van der Waals surface area contributed by atoms with E-state index in [1.807, 2.05) is 6.07 Å². The van der Waals surface area contributed by atoms with E-state index in [2.05, 4.69) is 10.3 Å². The van der Waals surface area contributed by atoms with Gasteiger partial charge >= 0.3 is 0 Å². The first-order valence-electron chi connectivity index (χ1n) is 6.20. The Hall–Kier alpha value is -2.41. The number of carbonyl (C=O) groups excluding carboxylic acids is 1. The summed E-state index contributed by atoms with van der Waals surface area (Å²) >= 11 is 1.29. The SMILES string of the molecule is C[C@H](Sc1ccccn1)C(=O)Nc1ccccc1[N+](=O)[O-]. The van der Waals surface area contributed by atoms with Gasteiger partial charge in [-0.25, -0.2) is 4.98 Å². The average molecular weight is 303 g/mol. The van der Waals surface area contributed by atoms with Crippen molar-refractivity contribution in [1.29, 1.82) is 0 Å². The van der Waals surface area contributed by atoms with Crippen molar-refractivity contribution in [2.24, 2.45) is 0 Å². The number of hydrogen-bond donors (Lipinski definition) is 1. The zero-order valence-corrected chi connectivity index (χ0v) is 12.0. The van der Waals surface area contributed by atoms with Crippen molar-refractivity contribution in [2.75, 3.05) is 5.32 Å². The normalized spacial score (nSPS) is 11.7. The number of nitrogens with zero attached hydrogens (tertiary/aromatic N) is 2. The van der Waals surface area contributed by atoms with E-state index in [-0.39, 0.29) is 17.3 Å². The van der Waals surface area contributed by atoms with E-state index in [1.165, 1.54) is 23.9 Å². The summed E-state index contributed by atoms with van der Waals surface area (Å²) in [5, 5.41) is 13.8. The number of amides is 1. The van der Waals surface area contributed by atoms with Gasteiger partial charge in [0.1, 0.15) is 5.69 Å². The van der Waals surface area contributed by atoms with Gasteiger partial charge in [-0.05, 0) is 25.1 Å². The fourth-order valence-corrected chi connectivity index (χ4v) is 2.43. The minimum atomic E-state index is -0.522. The van der Waals surface area contributed by atoms with Crippen LogP contribution in [0, 0.1) is 10.1 Å². The van der Waals surface area contributed by atoms with Crippen LogP contribution < -0.4 is 5.32 Å². The molecule has 0 aliphatic carbocycles. The lowest BCUT2D eigenvalue weighted by Crippen LogP contribution is -2.23. The largest absolute Gasteiger partial charge is 0.319 e. The third kappa shape index (κ3) is 4.03. The Bertz CT molecular complexity index is 649. The number of aromatic nitrogens is 1. The lowest BCUT2D eigenvalue weighted by atomic mass is 10.2. The summed E-state index contributed by atoms with van der Waals surface area (Å²) in [6.07, 6.45) is 1.65. The van der Waals surface area contributed by atoms with E-state index in [1.54, 1.807) is 37.4 Å². The number of carbonyl (C=O) groups is 1. The third-order valence-corrected chi connectivity index (χ3v) is 3.71. The Balaban J connectivity index is 2.06. The summed E-state index contributed by atoms with van der Waals surface area (Å²) in [7, 11) is 0. The molecular formula is C14H13N3O3S. The van der Waals surface area contributed by atoms with Gasteiger partial charge in [0, 0.05) is 12.3 Å². The number of rotatable bonds is 5. The van der Waals surface area contributed by atoms with E-state index >= 15 is 0 Å². The Labute approximate surface area is 125 Å². The number of benzene rings is 1. The Morgan fingerprint density at radius 3 is 2.67 bits per heavy atom. The maximum atomic E-state index is 12.1. The van der Waals surface area contributed by atoms with E-state index in [0.717, 1.165) is 5.03 Å². The third-order valence-electron chi connectivity index (χ3n) is 2.66. The standard InChI is InChI=1S/C14H13N3O3S/c1-10(21-13-8-4-5-9-15-13)14(18)16-11-6-2-3-7-12(11)17(19)20/h2-10H,1H3,(H,16,18)/t10-/m0/s1. The monoisotopic (exact) mass is 303 g/mol. The molecule has 108 valence electrons. The summed E-state index contributed by atoms with van der Waals surface area (Å²) in [6.45, 7) is 1.73. The van der Waals surface area contributed by atoms with Crippen molar-refractivity contribution in [3.8, 4) is 0 Å². The number of nitro groups is 1. The van der Waals surface area contributed by atoms with Crippen LogP contribution in [0.5, 0.6) is 0 Å². The van der Waals surface area contributed by atoms with Gasteiger partial charge in [0.15, 0.2) is 0 Å². The molecule has 7 heteroatoms. The second-order valence-electron chi connectivity index (χ2n) is 4.19. The van der Waals surface area contributed by atoms with Crippen LogP contribution in [0.15, 0.2) is 53.7 Å². The minimum absolute atomic E-state index is 0.124. The molecular weight excluding hydrogens is 290 g/mol. The van der Waals surface area contributed by atoms with Crippen molar-refractivity contribution in [2.45, 2.75) is 17.2 Å². The molecule has 0 saturated heterocycles. The predicted octanol–water partition coefficient (Wildman–Crippen LogP) is 3.11. The van der Waals surface area contributed by atoms with Gasteiger partial charge in [-0.15, -0.1) is 0 Å². The summed E-state index contributed by atoms with van der Waals surface area (Å²) in [5.74, 6) is -0.306. The molecule has 1 heterocycles. The number of pyridine rings is 1. The number of nitro benzene ring substituents is 1. The molecule has 0 bridgehead atoms. The van der Waals surface area contributed by atoms with Crippen LogP contribution in [0.3, 0.4) is 0 Å². The molecule has 1 aromatic heterocycles. The molecule has 2 rings (SSSR count). The second-order valence-corrected chi connectivity index (χ2v) is 5.55. The smallest absolute Gasteiger partial charge is 0.292 e. The topological polar surface area (TPSA) is 85.1 Å². The van der Waals surface area contributed by atoms with Crippen LogP contribution in [0.25, 0.3) is 0 Å². The second kappa shape index (κ2) is 6.85. The Morgan fingerprint density at radius 1 is 1.29 bits per heavy atom.